The zero-order chi connectivity index (χ0) is 28.2. The number of aryl methyl sites for hydroxylation is 1. The largest absolute Gasteiger partial charge is 0.387 e. The van der Waals surface area contributed by atoms with Gasteiger partial charge >= 0.3 is 24.7 Å². The van der Waals surface area contributed by atoms with Crippen molar-refractivity contribution in [3.05, 3.63) is 63.1 Å². The van der Waals surface area contributed by atoms with Crippen LogP contribution in [0.3, 0.4) is 0 Å². The minimum Gasteiger partial charge on any atom is -0.387 e. The Balaban J connectivity index is 1.59. The van der Waals surface area contributed by atoms with Gasteiger partial charge in [0.2, 0.25) is 0 Å². The second-order valence-corrected chi connectivity index (χ2v) is 14.9. The van der Waals surface area contributed by atoms with E-state index in [0.29, 0.717) is 11.1 Å². The van der Waals surface area contributed by atoms with Crippen molar-refractivity contribution in [2.75, 3.05) is 6.61 Å². The zero-order valence-corrected chi connectivity index (χ0v) is 22.6. The lowest BCUT2D eigenvalue weighted by atomic mass is 10.1. The normalized spacial score (nSPS) is 24.1. The third-order valence-electron chi connectivity index (χ3n) is 5.95. The zero-order valence-electron chi connectivity index (χ0n) is 19.3. The van der Waals surface area contributed by atoms with Gasteiger partial charge in [0.05, 0.1) is 24.4 Å². The topological polar surface area (TPSA) is 216 Å². The van der Waals surface area contributed by atoms with Crippen LogP contribution in [0, 0.1) is 0 Å². The molecule has 0 aliphatic carbocycles. The molecule has 38 heavy (non-hydrogen) atoms. The second kappa shape index (κ2) is 10.3. The SMILES string of the molecule is Cn1nc(Cn2c(=O)ccn(C3OC(COP(=O)(O)C(Cl)(Cl)P(=O)(O)O)C(O)C3O)c2=O)c2ccccc21. The maximum absolute atomic E-state index is 13.2. The van der Waals surface area contributed by atoms with Gasteiger partial charge in [-0.05, 0) is 6.07 Å². The highest BCUT2D eigenvalue weighted by molar-refractivity contribution is 7.78. The van der Waals surface area contributed by atoms with Gasteiger partial charge in [-0.2, -0.15) is 5.10 Å². The Labute approximate surface area is 223 Å². The number of hydrogen-bond acceptors (Lipinski definition) is 9. The Morgan fingerprint density at radius 1 is 1.11 bits per heavy atom. The smallest absolute Gasteiger partial charge is 0.376 e. The van der Waals surface area contributed by atoms with Crippen molar-refractivity contribution in [3.8, 4) is 0 Å². The Morgan fingerprint density at radius 2 is 1.76 bits per heavy atom. The van der Waals surface area contributed by atoms with Gasteiger partial charge in [0.25, 0.3) is 5.56 Å². The van der Waals surface area contributed by atoms with E-state index in [9.17, 15) is 33.8 Å². The van der Waals surface area contributed by atoms with Crippen LogP contribution >= 0.6 is 38.4 Å². The molecule has 0 spiro atoms. The molecule has 5 atom stereocenters. The van der Waals surface area contributed by atoms with Crippen molar-refractivity contribution in [1.82, 2.24) is 18.9 Å². The molecular weight excluding hydrogens is 593 g/mol. The first-order valence-electron chi connectivity index (χ1n) is 10.7. The van der Waals surface area contributed by atoms with Crippen molar-refractivity contribution < 1.29 is 43.3 Å². The molecule has 1 fully saturated rings. The molecule has 5 unspecified atom stereocenters. The summed E-state index contributed by atoms with van der Waals surface area (Å²) in [6, 6.07) is 8.21. The number of benzene rings is 1. The molecule has 1 aromatic carbocycles. The first-order valence-corrected chi connectivity index (χ1v) is 14.7. The lowest BCUT2D eigenvalue weighted by molar-refractivity contribution is -0.0531. The molecule has 1 aliphatic rings. The number of ether oxygens (including phenoxy) is 1. The number of alkyl halides is 2. The molecule has 208 valence electrons. The summed E-state index contributed by atoms with van der Waals surface area (Å²) >= 11 is 10.7. The average molecular weight is 615 g/mol. The van der Waals surface area contributed by atoms with Crippen LogP contribution < -0.4 is 11.2 Å². The van der Waals surface area contributed by atoms with Crippen molar-refractivity contribution in [2.45, 2.75) is 34.9 Å². The molecule has 1 aliphatic heterocycles. The number of halogens is 2. The van der Waals surface area contributed by atoms with Crippen LogP contribution in [0.1, 0.15) is 11.9 Å². The second-order valence-electron chi connectivity index (χ2n) is 8.43. The van der Waals surface area contributed by atoms with Gasteiger partial charge in [-0.15, -0.1) is 0 Å². The molecule has 3 aromatic rings. The molecule has 3 heterocycles. The number of nitrogens with zero attached hydrogens (tertiary/aromatic N) is 4. The van der Waals surface area contributed by atoms with Gasteiger partial charge in [0, 0.05) is 24.7 Å². The summed E-state index contributed by atoms with van der Waals surface area (Å²) in [4.78, 5) is 53.9. The molecule has 0 amide bonds. The van der Waals surface area contributed by atoms with E-state index in [1.165, 1.54) is 0 Å². The molecule has 0 radical (unpaired) electrons. The molecule has 1 saturated heterocycles. The number of hydrogen-bond donors (Lipinski definition) is 5. The Kier molecular flexibility index (Phi) is 7.87. The predicted octanol–water partition coefficient (Wildman–Crippen LogP) is 0.0328. The third kappa shape index (κ3) is 5.05. The van der Waals surface area contributed by atoms with Crippen molar-refractivity contribution in [3.63, 3.8) is 0 Å². The lowest BCUT2D eigenvalue weighted by Gasteiger charge is -2.26. The van der Waals surface area contributed by atoms with Gasteiger partial charge in [-0.25, -0.2) is 4.79 Å². The standard InChI is InChI=1S/C19H22Cl2N4O11P2/c1-23-12-5-3-2-4-10(12)11(22-23)8-25-14(26)6-7-24(18(25)29)17-16(28)15(27)13(36-17)9-35-38(33,34)19(20,21)37(30,31)32/h2-7,13,15-17,27-28H,8-9H2,1H3,(H,33,34)(H2,30,31,32). The number of para-hydroxylation sites is 1. The van der Waals surface area contributed by atoms with Gasteiger partial charge in [0.15, 0.2) is 6.23 Å². The Hall–Kier alpha value is -1.87. The van der Waals surface area contributed by atoms with E-state index in [0.717, 1.165) is 26.9 Å². The first kappa shape index (κ1) is 29.1. The highest BCUT2D eigenvalue weighted by Crippen LogP contribution is 2.75. The van der Waals surface area contributed by atoms with Gasteiger partial charge in [-0.3, -0.25) is 27.7 Å². The van der Waals surface area contributed by atoms with Crippen LogP contribution in [0.4, 0.5) is 0 Å². The Morgan fingerprint density at radius 3 is 2.42 bits per heavy atom. The van der Waals surface area contributed by atoms with E-state index >= 15 is 0 Å². The molecule has 4 rings (SSSR count). The quantitative estimate of drug-likeness (QED) is 0.168. The summed E-state index contributed by atoms with van der Waals surface area (Å²) < 4.78 is 33.5. The number of aliphatic hydroxyl groups excluding tert-OH is 2. The van der Waals surface area contributed by atoms with E-state index < -0.39 is 61.4 Å². The maximum Gasteiger partial charge on any atom is 0.376 e. The van der Waals surface area contributed by atoms with Crippen LogP contribution in [0.2, 0.25) is 0 Å². The van der Waals surface area contributed by atoms with Gasteiger partial charge < -0.3 is 34.2 Å². The summed E-state index contributed by atoms with van der Waals surface area (Å²) in [7, 11) is -9.26. The maximum atomic E-state index is 13.2. The lowest BCUT2D eigenvalue weighted by Crippen LogP contribution is -2.43. The van der Waals surface area contributed by atoms with E-state index in [1.807, 2.05) is 12.1 Å². The fourth-order valence-electron chi connectivity index (χ4n) is 3.94. The summed E-state index contributed by atoms with van der Waals surface area (Å²) in [5, 5.41) is 26.0. The first-order chi connectivity index (χ1) is 17.6. The molecule has 0 bridgehead atoms. The summed E-state index contributed by atoms with van der Waals surface area (Å²) in [6.07, 6.45) is -5.67. The summed E-state index contributed by atoms with van der Waals surface area (Å²) in [5.74, 6) is 0. The van der Waals surface area contributed by atoms with Crippen LogP contribution in [0.25, 0.3) is 10.9 Å². The van der Waals surface area contributed by atoms with E-state index in [1.54, 1.807) is 23.9 Å². The fourth-order valence-corrected chi connectivity index (χ4v) is 6.23. The van der Waals surface area contributed by atoms with Gasteiger partial charge in [0.1, 0.15) is 18.3 Å². The molecular formula is C19H22Cl2N4O11P2. The highest BCUT2D eigenvalue weighted by atomic mass is 35.5. The highest BCUT2D eigenvalue weighted by Gasteiger charge is 2.60. The van der Waals surface area contributed by atoms with Crippen LogP contribution in [-0.2, 0) is 32.0 Å². The van der Waals surface area contributed by atoms with Crippen molar-refractivity contribution in [2.24, 2.45) is 7.05 Å². The van der Waals surface area contributed by atoms with E-state index in [-0.39, 0.29) is 6.54 Å². The number of aliphatic hydroxyl groups is 2. The van der Waals surface area contributed by atoms with Gasteiger partial charge in [-0.1, -0.05) is 41.4 Å². The van der Waals surface area contributed by atoms with Crippen LogP contribution in [-0.4, -0.2) is 72.5 Å². The molecule has 0 saturated carbocycles. The summed E-state index contributed by atoms with van der Waals surface area (Å²) in [5.41, 5.74) is -0.396. The van der Waals surface area contributed by atoms with Crippen molar-refractivity contribution in [1.29, 1.82) is 0 Å². The fraction of sp³-hybridized carbons (Fsp3) is 0.421. The van der Waals surface area contributed by atoms with Crippen molar-refractivity contribution >= 4 is 49.3 Å². The monoisotopic (exact) mass is 614 g/mol. The molecule has 5 N–H and O–H groups in total. The summed E-state index contributed by atoms with van der Waals surface area (Å²) in [6.45, 7) is -1.22. The third-order valence-corrected chi connectivity index (χ3v) is 12.0. The predicted molar refractivity (Wildman–Crippen MR) is 133 cm³/mol. The molecule has 2 aromatic heterocycles. The van der Waals surface area contributed by atoms with E-state index in [4.69, 9.17) is 37.7 Å². The minimum atomic E-state index is -5.54. The number of fused-ring (bicyclic) bond motifs is 1. The molecule has 15 nitrogen and oxygen atoms in total. The number of rotatable bonds is 8. The Bertz CT molecular complexity index is 1580. The molecule has 19 heteroatoms. The van der Waals surface area contributed by atoms with E-state index in [2.05, 4.69) is 9.62 Å². The number of aromatic nitrogens is 4. The average Bonchev–Trinajstić information content (AvgIpc) is 3.30. The van der Waals surface area contributed by atoms with Crippen LogP contribution in [0.5, 0.6) is 0 Å². The van der Waals surface area contributed by atoms with Crippen LogP contribution in [0.15, 0.2) is 46.1 Å². The minimum absolute atomic E-state index is 0.221.